The molecule has 1 N–H and O–H groups in total. The number of hydrogen-bond donors (Lipinski definition) is 1. The van der Waals surface area contributed by atoms with Gasteiger partial charge in [0.1, 0.15) is 11.6 Å². The highest BCUT2D eigenvalue weighted by Gasteiger charge is 2.22. The Morgan fingerprint density at radius 3 is 2.47 bits per heavy atom. The Bertz CT molecular complexity index is 1100. The van der Waals surface area contributed by atoms with Gasteiger partial charge in [0.15, 0.2) is 11.8 Å². The molecule has 0 saturated carbocycles. The van der Waals surface area contributed by atoms with Gasteiger partial charge in [-0.25, -0.2) is 18.4 Å². The van der Waals surface area contributed by atoms with Crippen LogP contribution >= 0.6 is 0 Å². The molecule has 7 nitrogen and oxygen atoms in total. The van der Waals surface area contributed by atoms with Crippen LogP contribution in [0.5, 0.6) is 0 Å². The van der Waals surface area contributed by atoms with Crippen LogP contribution in [-0.2, 0) is 6.54 Å². The van der Waals surface area contributed by atoms with Crippen molar-refractivity contribution in [1.82, 2.24) is 25.0 Å². The number of aliphatic imine (C=N–C) groups is 1. The van der Waals surface area contributed by atoms with Gasteiger partial charge in [-0.3, -0.25) is 4.99 Å². The summed E-state index contributed by atoms with van der Waals surface area (Å²) >= 11 is 0. The second-order valence-electron chi connectivity index (χ2n) is 7.83. The SMILES string of the molecule is CN=C(NCc1ccc(-n2nc(C)cc2C)nc1)N1CCN(c2cc(F)ccc2F)CC1. The fourth-order valence-corrected chi connectivity index (χ4v) is 3.91. The third-order valence-electron chi connectivity index (χ3n) is 5.53. The Morgan fingerprint density at radius 2 is 1.84 bits per heavy atom. The van der Waals surface area contributed by atoms with Gasteiger partial charge in [-0.15, -0.1) is 0 Å². The molecule has 0 unspecified atom stereocenters. The Morgan fingerprint density at radius 1 is 1.06 bits per heavy atom. The van der Waals surface area contributed by atoms with Crippen LogP contribution < -0.4 is 10.2 Å². The molecule has 0 bridgehead atoms. The number of aromatic nitrogens is 3. The molecule has 0 radical (unpaired) electrons. The van der Waals surface area contributed by atoms with Gasteiger partial charge in [-0.2, -0.15) is 5.10 Å². The molecule has 1 aromatic carbocycles. The van der Waals surface area contributed by atoms with Gasteiger partial charge >= 0.3 is 0 Å². The summed E-state index contributed by atoms with van der Waals surface area (Å²) in [6.45, 7) is 7.02. The number of rotatable bonds is 4. The maximum Gasteiger partial charge on any atom is 0.194 e. The van der Waals surface area contributed by atoms with E-state index in [2.05, 4.69) is 25.3 Å². The van der Waals surface area contributed by atoms with Crippen molar-refractivity contribution in [2.75, 3.05) is 38.1 Å². The largest absolute Gasteiger partial charge is 0.366 e. The van der Waals surface area contributed by atoms with Gasteiger partial charge in [0.25, 0.3) is 0 Å². The smallest absolute Gasteiger partial charge is 0.194 e. The molecule has 0 amide bonds. The third kappa shape index (κ3) is 4.71. The summed E-state index contributed by atoms with van der Waals surface area (Å²) in [5.74, 6) is 0.717. The van der Waals surface area contributed by atoms with E-state index in [1.165, 1.54) is 12.1 Å². The summed E-state index contributed by atoms with van der Waals surface area (Å²) < 4.78 is 29.4. The molecule has 0 atom stereocenters. The first kappa shape index (κ1) is 21.7. The average Bonchev–Trinajstić information content (AvgIpc) is 3.14. The number of anilines is 1. The van der Waals surface area contributed by atoms with Crippen molar-refractivity contribution in [3.05, 3.63) is 71.2 Å². The Labute approximate surface area is 186 Å². The molecule has 9 heteroatoms. The highest BCUT2D eigenvalue weighted by Crippen LogP contribution is 2.22. The van der Waals surface area contributed by atoms with Crippen molar-refractivity contribution in [2.45, 2.75) is 20.4 Å². The quantitative estimate of drug-likeness (QED) is 0.500. The Kier molecular flexibility index (Phi) is 6.34. The zero-order valence-electron chi connectivity index (χ0n) is 18.5. The van der Waals surface area contributed by atoms with Crippen LogP contribution in [-0.4, -0.2) is 58.9 Å². The number of piperazine rings is 1. The number of hydrogen-bond acceptors (Lipinski definition) is 4. The molecular weight excluding hydrogens is 412 g/mol. The number of guanidine groups is 1. The molecule has 3 aromatic rings. The lowest BCUT2D eigenvalue weighted by Gasteiger charge is -2.37. The maximum atomic E-state index is 14.1. The fourth-order valence-electron chi connectivity index (χ4n) is 3.91. The highest BCUT2D eigenvalue weighted by molar-refractivity contribution is 5.80. The summed E-state index contributed by atoms with van der Waals surface area (Å²) in [7, 11) is 1.74. The lowest BCUT2D eigenvalue weighted by atomic mass is 10.2. The summed E-state index contributed by atoms with van der Waals surface area (Å²) in [4.78, 5) is 12.9. The normalized spacial score (nSPS) is 14.7. The average molecular weight is 440 g/mol. The molecule has 32 heavy (non-hydrogen) atoms. The Hall–Kier alpha value is -3.49. The first-order chi connectivity index (χ1) is 15.4. The predicted octanol–water partition coefficient (Wildman–Crippen LogP) is 3.06. The van der Waals surface area contributed by atoms with Crippen LogP contribution in [0.4, 0.5) is 14.5 Å². The zero-order valence-corrected chi connectivity index (χ0v) is 18.5. The predicted molar refractivity (Wildman–Crippen MR) is 121 cm³/mol. The van der Waals surface area contributed by atoms with Crippen molar-refractivity contribution in [3.8, 4) is 5.82 Å². The molecule has 2 aromatic heterocycles. The van der Waals surface area contributed by atoms with Crippen molar-refractivity contribution in [2.24, 2.45) is 4.99 Å². The lowest BCUT2D eigenvalue weighted by Crippen LogP contribution is -2.52. The molecule has 1 fully saturated rings. The van der Waals surface area contributed by atoms with Crippen LogP contribution in [0.15, 0.2) is 47.6 Å². The topological polar surface area (TPSA) is 61.6 Å². The molecule has 1 aliphatic rings. The molecule has 168 valence electrons. The van der Waals surface area contributed by atoms with Gasteiger partial charge in [0.2, 0.25) is 0 Å². The first-order valence-corrected chi connectivity index (χ1v) is 10.6. The molecule has 1 saturated heterocycles. The molecule has 0 aliphatic carbocycles. The van der Waals surface area contributed by atoms with Crippen molar-refractivity contribution < 1.29 is 8.78 Å². The van der Waals surface area contributed by atoms with Crippen LogP contribution in [0.2, 0.25) is 0 Å². The minimum absolute atomic E-state index is 0.307. The fraction of sp³-hybridized carbons (Fsp3) is 0.348. The van der Waals surface area contributed by atoms with E-state index in [0.717, 1.165) is 34.8 Å². The Balaban J connectivity index is 1.33. The van der Waals surface area contributed by atoms with E-state index >= 15 is 0 Å². The van der Waals surface area contributed by atoms with E-state index in [4.69, 9.17) is 0 Å². The zero-order chi connectivity index (χ0) is 22.7. The van der Waals surface area contributed by atoms with E-state index < -0.39 is 11.6 Å². The molecular formula is C23H27F2N7. The van der Waals surface area contributed by atoms with E-state index in [0.29, 0.717) is 38.4 Å². The summed E-state index contributed by atoms with van der Waals surface area (Å²) in [6, 6.07) is 9.55. The van der Waals surface area contributed by atoms with Crippen LogP contribution in [0.3, 0.4) is 0 Å². The van der Waals surface area contributed by atoms with E-state index in [1.807, 2.05) is 47.8 Å². The van der Waals surface area contributed by atoms with Crippen LogP contribution in [0.1, 0.15) is 17.0 Å². The third-order valence-corrected chi connectivity index (χ3v) is 5.53. The minimum Gasteiger partial charge on any atom is -0.366 e. The second-order valence-corrected chi connectivity index (χ2v) is 7.83. The van der Waals surface area contributed by atoms with Gasteiger partial charge in [0, 0.05) is 57.7 Å². The standard InChI is InChI=1S/C23H27F2N7/c1-16-12-17(2)32(29-16)22-7-4-18(14-27-22)15-28-23(26-3)31-10-8-30(9-11-31)21-13-19(24)5-6-20(21)25/h4-7,12-14H,8-11,15H2,1-3H3,(H,26,28). The van der Waals surface area contributed by atoms with Crippen LogP contribution in [0.25, 0.3) is 5.82 Å². The molecule has 3 heterocycles. The summed E-state index contributed by atoms with van der Waals surface area (Å²) in [6.07, 6.45) is 1.83. The maximum absolute atomic E-state index is 14.1. The van der Waals surface area contributed by atoms with Gasteiger partial charge in [-0.05, 0) is 43.7 Å². The summed E-state index contributed by atoms with van der Waals surface area (Å²) in [5.41, 5.74) is 3.33. The van der Waals surface area contributed by atoms with E-state index in [-0.39, 0.29) is 0 Å². The van der Waals surface area contributed by atoms with Gasteiger partial charge < -0.3 is 15.1 Å². The number of pyridine rings is 1. The number of nitrogens with one attached hydrogen (secondary N) is 1. The van der Waals surface area contributed by atoms with E-state index in [9.17, 15) is 8.78 Å². The van der Waals surface area contributed by atoms with Crippen molar-refractivity contribution >= 4 is 11.6 Å². The highest BCUT2D eigenvalue weighted by atomic mass is 19.1. The number of benzene rings is 1. The lowest BCUT2D eigenvalue weighted by molar-refractivity contribution is 0.370. The number of nitrogens with zero attached hydrogens (tertiary/aromatic N) is 6. The molecule has 4 rings (SSSR count). The molecule has 1 aliphatic heterocycles. The van der Waals surface area contributed by atoms with Crippen LogP contribution in [0, 0.1) is 25.5 Å². The number of halogens is 2. The van der Waals surface area contributed by atoms with Crippen molar-refractivity contribution in [3.63, 3.8) is 0 Å². The monoisotopic (exact) mass is 439 g/mol. The van der Waals surface area contributed by atoms with E-state index in [1.54, 1.807) is 7.05 Å². The first-order valence-electron chi connectivity index (χ1n) is 10.6. The summed E-state index contributed by atoms with van der Waals surface area (Å²) in [5, 5.41) is 7.83. The number of aryl methyl sites for hydroxylation is 2. The second kappa shape index (κ2) is 9.33. The van der Waals surface area contributed by atoms with Crippen molar-refractivity contribution in [1.29, 1.82) is 0 Å². The van der Waals surface area contributed by atoms with Gasteiger partial charge in [0.05, 0.1) is 11.4 Å². The van der Waals surface area contributed by atoms with Gasteiger partial charge in [-0.1, -0.05) is 6.07 Å². The molecule has 0 spiro atoms. The minimum atomic E-state index is -0.432.